The molecule has 2 rings (SSSR count). The highest BCUT2D eigenvalue weighted by molar-refractivity contribution is 6.33. The number of hydrogen-bond donors (Lipinski definition) is 1. The van der Waals surface area contributed by atoms with Crippen molar-refractivity contribution in [3.05, 3.63) is 29.3 Å². The van der Waals surface area contributed by atoms with E-state index in [1.807, 2.05) is 6.07 Å². The molecule has 6 heteroatoms. The number of hydrogen-bond acceptors (Lipinski definition) is 3. The molecule has 0 saturated carbocycles. The number of amides is 2. The zero-order valence-corrected chi connectivity index (χ0v) is 11.3. The fourth-order valence-electron chi connectivity index (χ4n) is 2.05. The van der Waals surface area contributed by atoms with Gasteiger partial charge in [0.2, 0.25) is 5.91 Å². The van der Waals surface area contributed by atoms with Gasteiger partial charge in [0.15, 0.2) is 0 Å². The van der Waals surface area contributed by atoms with Crippen LogP contribution in [0.5, 0.6) is 0 Å². The summed E-state index contributed by atoms with van der Waals surface area (Å²) in [4.78, 5) is 26.6. The van der Waals surface area contributed by atoms with Crippen molar-refractivity contribution in [3.8, 4) is 0 Å². The van der Waals surface area contributed by atoms with Gasteiger partial charge in [-0.25, -0.2) is 0 Å². The van der Waals surface area contributed by atoms with Gasteiger partial charge in [0.25, 0.3) is 5.91 Å². The zero-order valence-electron chi connectivity index (χ0n) is 10.5. The molecule has 1 heterocycles. The van der Waals surface area contributed by atoms with Gasteiger partial charge in [-0.2, -0.15) is 0 Å². The minimum atomic E-state index is -1.08. The molecular weight excluding hydrogens is 268 g/mol. The van der Waals surface area contributed by atoms with Crippen LogP contribution in [0.1, 0.15) is 6.92 Å². The number of carbonyl (C=O) groups is 2. The number of para-hydroxylation sites is 1. The van der Waals surface area contributed by atoms with Gasteiger partial charge in [-0.05, 0) is 19.1 Å². The molecule has 5 nitrogen and oxygen atoms in total. The summed E-state index contributed by atoms with van der Waals surface area (Å²) in [5.41, 5.74) is 0.651. The predicted molar refractivity (Wildman–Crippen MR) is 72.1 cm³/mol. The van der Waals surface area contributed by atoms with Crippen LogP contribution in [0.15, 0.2) is 24.3 Å². The SMILES string of the molecule is CC(O)C(=O)N1CCN(c2ccccc2Cl)C(=O)C1. The molecule has 0 radical (unpaired) electrons. The van der Waals surface area contributed by atoms with Crippen molar-refractivity contribution in [3.63, 3.8) is 0 Å². The molecule has 0 bridgehead atoms. The molecule has 0 aliphatic carbocycles. The number of nitrogens with zero attached hydrogens (tertiary/aromatic N) is 2. The lowest BCUT2D eigenvalue weighted by Gasteiger charge is -2.35. The molecular formula is C13H15ClN2O3. The summed E-state index contributed by atoms with van der Waals surface area (Å²) in [6.45, 7) is 2.13. The summed E-state index contributed by atoms with van der Waals surface area (Å²) in [6, 6.07) is 7.09. The van der Waals surface area contributed by atoms with Crippen molar-refractivity contribution in [2.24, 2.45) is 0 Å². The van der Waals surface area contributed by atoms with Crippen molar-refractivity contribution in [1.29, 1.82) is 0 Å². The number of aliphatic hydroxyl groups is 1. The van der Waals surface area contributed by atoms with E-state index < -0.39 is 12.0 Å². The molecule has 1 aliphatic heterocycles. The van der Waals surface area contributed by atoms with Crippen LogP contribution in [0.3, 0.4) is 0 Å². The number of halogens is 1. The first-order chi connectivity index (χ1) is 9.00. The summed E-state index contributed by atoms with van der Waals surface area (Å²) < 4.78 is 0. The fraction of sp³-hybridized carbons (Fsp3) is 0.385. The van der Waals surface area contributed by atoms with Gasteiger partial charge in [0, 0.05) is 13.1 Å². The van der Waals surface area contributed by atoms with Crippen LogP contribution < -0.4 is 4.90 Å². The number of benzene rings is 1. The zero-order chi connectivity index (χ0) is 14.0. The topological polar surface area (TPSA) is 60.9 Å². The fourth-order valence-corrected chi connectivity index (χ4v) is 2.29. The smallest absolute Gasteiger partial charge is 0.251 e. The van der Waals surface area contributed by atoms with Gasteiger partial charge in [0.1, 0.15) is 12.6 Å². The Labute approximate surface area is 116 Å². The Hall–Kier alpha value is -1.59. The van der Waals surface area contributed by atoms with Gasteiger partial charge in [-0.1, -0.05) is 23.7 Å². The van der Waals surface area contributed by atoms with E-state index in [1.165, 1.54) is 11.8 Å². The van der Waals surface area contributed by atoms with E-state index in [1.54, 1.807) is 23.1 Å². The molecule has 1 fully saturated rings. The third kappa shape index (κ3) is 2.88. The largest absolute Gasteiger partial charge is 0.384 e. The van der Waals surface area contributed by atoms with Crippen LogP contribution >= 0.6 is 11.6 Å². The third-order valence-corrected chi connectivity index (χ3v) is 3.35. The van der Waals surface area contributed by atoms with Gasteiger partial charge in [-0.3, -0.25) is 9.59 Å². The van der Waals surface area contributed by atoms with Crippen LogP contribution in [-0.4, -0.2) is 47.6 Å². The normalized spacial score (nSPS) is 17.5. The highest BCUT2D eigenvalue weighted by Gasteiger charge is 2.30. The van der Waals surface area contributed by atoms with E-state index in [4.69, 9.17) is 11.6 Å². The van der Waals surface area contributed by atoms with E-state index in [2.05, 4.69) is 0 Å². The van der Waals surface area contributed by atoms with Crippen molar-refractivity contribution in [2.45, 2.75) is 13.0 Å². The summed E-state index contributed by atoms with van der Waals surface area (Å²) in [7, 11) is 0. The number of piperazine rings is 1. The molecule has 2 amide bonds. The van der Waals surface area contributed by atoms with Crippen molar-refractivity contribution in [2.75, 3.05) is 24.5 Å². The molecule has 19 heavy (non-hydrogen) atoms. The maximum atomic E-state index is 12.1. The lowest BCUT2D eigenvalue weighted by atomic mass is 10.2. The molecule has 102 valence electrons. The highest BCUT2D eigenvalue weighted by Crippen LogP contribution is 2.26. The Balaban J connectivity index is 2.12. The number of carbonyl (C=O) groups excluding carboxylic acids is 2. The van der Waals surface area contributed by atoms with E-state index in [-0.39, 0.29) is 12.5 Å². The van der Waals surface area contributed by atoms with Crippen molar-refractivity contribution >= 4 is 29.1 Å². The Morgan fingerprint density at radius 3 is 2.63 bits per heavy atom. The number of rotatable bonds is 2. The van der Waals surface area contributed by atoms with Crippen molar-refractivity contribution < 1.29 is 14.7 Å². The molecule has 0 aromatic heterocycles. The van der Waals surface area contributed by atoms with Crippen LogP contribution in [-0.2, 0) is 9.59 Å². The minimum Gasteiger partial charge on any atom is -0.384 e. The maximum absolute atomic E-state index is 12.1. The number of aliphatic hydroxyl groups excluding tert-OH is 1. The molecule has 1 unspecified atom stereocenters. The van der Waals surface area contributed by atoms with E-state index in [0.29, 0.717) is 23.8 Å². The summed E-state index contributed by atoms with van der Waals surface area (Å²) in [5.74, 6) is -0.625. The second-order valence-corrected chi connectivity index (χ2v) is 4.84. The van der Waals surface area contributed by atoms with E-state index in [9.17, 15) is 14.7 Å². The Kier molecular flexibility index (Phi) is 4.07. The first-order valence-corrected chi connectivity index (χ1v) is 6.40. The van der Waals surface area contributed by atoms with Gasteiger partial charge < -0.3 is 14.9 Å². The third-order valence-electron chi connectivity index (χ3n) is 3.03. The maximum Gasteiger partial charge on any atom is 0.251 e. The second-order valence-electron chi connectivity index (χ2n) is 4.43. The molecule has 1 aromatic carbocycles. The molecule has 1 N–H and O–H groups in total. The Morgan fingerprint density at radius 1 is 1.37 bits per heavy atom. The first kappa shape index (κ1) is 13.8. The summed E-state index contributed by atoms with van der Waals surface area (Å²) >= 11 is 6.06. The second kappa shape index (κ2) is 5.59. The molecule has 1 saturated heterocycles. The van der Waals surface area contributed by atoms with Crippen LogP contribution in [0.2, 0.25) is 5.02 Å². The molecule has 1 aliphatic rings. The number of anilines is 1. The van der Waals surface area contributed by atoms with Crippen LogP contribution in [0, 0.1) is 0 Å². The quantitative estimate of drug-likeness (QED) is 0.877. The molecule has 0 spiro atoms. The standard InChI is InChI=1S/C13H15ClN2O3/c1-9(17)13(19)15-6-7-16(12(18)8-15)11-5-3-2-4-10(11)14/h2-5,9,17H,6-8H2,1H3. The predicted octanol–water partition coefficient (Wildman–Crippen LogP) is 0.896. The van der Waals surface area contributed by atoms with Crippen LogP contribution in [0.25, 0.3) is 0 Å². The minimum absolute atomic E-state index is 0.0328. The Morgan fingerprint density at radius 2 is 2.05 bits per heavy atom. The monoisotopic (exact) mass is 282 g/mol. The summed E-state index contributed by atoms with van der Waals surface area (Å²) in [5, 5.41) is 9.75. The van der Waals surface area contributed by atoms with Crippen molar-refractivity contribution in [1.82, 2.24) is 4.90 Å². The first-order valence-electron chi connectivity index (χ1n) is 6.02. The van der Waals surface area contributed by atoms with Crippen LogP contribution in [0.4, 0.5) is 5.69 Å². The van der Waals surface area contributed by atoms with E-state index >= 15 is 0 Å². The molecule has 1 atom stereocenters. The summed E-state index contributed by atoms with van der Waals surface area (Å²) in [6.07, 6.45) is -1.08. The lowest BCUT2D eigenvalue weighted by Crippen LogP contribution is -2.54. The molecule has 1 aromatic rings. The van der Waals surface area contributed by atoms with E-state index in [0.717, 1.165) is 0 Å². The van der Waals surface area contributed by atoms with Gasteiger partial charge >= 0.3 is 0 Å². The average Bonchev–Trinajstić information content (AvgIpc) is 2.38. The van der Waals surface area contributed by atoms with Gasteiger partial charge in [0.05, 0.1) is 10.7 Å². The lowest BCUT2D eigenvalue weighted by molar-refractivity contribution is -0.143. The van der Waals surface area contributed by atoms with Gasteiger partial charge in [-0.15, -0.1) is 0 Å². The highest BCUT2D eigenvalue weighted by atomic mass is 35.5. The Bertz CT molecular complexity index is 504. The average molecular weight is 283 g/mol.